The number of benzene rings is 9. The van der Waals surface area contributed by atoms with E-state index in [9.17, 15) is 0 Å². The summed E-state index contributed by atoms with van der Waals surface area (Å²) in [5, 5.41) is 4.35. The van der Waals surface area contributed by atoms with E-state index in [4.69, 9.17) is 15.0 Å². The maximum atomic E-state index is 5.33. The second-order valence-electron chi connectivity index (χ2n) is 19.3. The smallest absolute Gasteiger partial charge is 0.0970 e. The van der Waals surface area contributed by atoms with Gasteiger partial charge in [-0.2, -0.15) is 0 Å². The monoisotopic (exact) mass is 967 g/mol. The van der Waals surface area contributed by atoms with Gasteiger partial charge in [-0.15, -0.1) is 0 Å². The minimum absolute atomic E-state index is 0.914. The highest BCUT2D eigenvalue weighted by molar-refractivity contribution is 6.11. The first kappa shape index (κ1) is 44.5. The van der Waals surface area contributed by atoms with Crippen LogP contribution in [0.3, 0.4) is 0 Å². The molecule has 0 aliphatic carbocycles. The van der Waals surface area contributed by atoms with Crippen LogP contribution in [0.4, 0.5) is 0 Å². The molecule has 354 valence electrons. The molecule has 0 saturated heterocycles. The van der Waals surface area contributed by atoms with Crippen LogP contribution in [0.5, 0.6) is 0 Å². The highest BCUT2D eigenvalue weighted by Gasteiger charge is 2.15. The van der Waals surface area contributed by atoms with Crippen molar-refractivity contribution < 1.29 is 0 Å². The Morgan fingerprint density at radius 2 is 0.539 bits per heavy atom. The molecule has 0 aliphatic heterocycles. The summed E-state index contributed by atoms with van der Waals surface area (Å²) in [4.78, 5) is 24.1. The topological polar surface area (TPSA) is 64.5 Å². The minimum atomic E-state index is 0.914. The zero-order valence-electron chi connectivity index (χ0n) is 41.2. The zero-order valence-corrected chi connectivity index (χ0v) is 41.2. The van der Waals surface area contributed by atoms with Gasteiger partial charge in [-0.25, -0.2) is 4.98 Å². The molecule has 0 fully saturated rings. The first-order chi connectivity index (χ1) is 37.6. The first-order valence-corrected chi connectivity index (χ1v) is 25.6. The van der Waals surface area contributed by atoms with Crippen LogP contribution < -0.4 is 0 Å². The van der Waals surface area contributed by atoms with Crippen molar-refractivity contribution >= 4 is 43.6 Å². The Balaban J connectivity index is 0.765. The summed E-state index contributed by atoms with van der Waals surface area (Å²) in [6.07, 6.45) is 7.35. The van der Waals surface area contributed by atoms with Crippen LogP contribution in [0.15, 0.2) is 274 Å². The summed E-state index contributed by atoms with van der Waals surface area (Å²) in [7, 11) is 0. The van der Waals surface area contributed by atoms with E-state index >= 15 is 0 Å². The Bertz CT molecular complexity index is 4240. The fourth-order valence-corrected chi connectivity index (χ4v) is 10.8. The predicted octanol–water partition coefficient (Wildman–Crippen LogP) is 18.3. The highest BCUT2D eigenvalue weighted by atomic mass is 14.7. The predicted molar refractivity (Wildman–Crippen MR) is 314 cm³/mol. The largest absolute Gasteiger partial charge is 0.254 e. The Morgan fingerprint density at radius 1 is 0.197 bits per heavy atom. The van der Waals surface area contributed by atoms with Crippen LogP contribution >= 0.6 is 0 Å². The molecule has 0 amide bonds. The molecule has 0 spiro atoms. The molecule has 76 heavy (non-hydrogen) atoms. The van der Waals surface area contributed by atoms with Crippen molar-refractivity contribution in [3.8, 4) is 100 Å². The molecule has 0 radical (unpaired) electrons. The van der Waals surface area contributed by atoms with Crippen molar-refractivity contribution in [1.82, 2.24) is 24.9 Å². The van der Waals surface area contributed by atoms with Gasteiger partial charge in [-0.05, 0) is 151 Å². The zero-order chi connectivity index (χ0) is 50.4. The number of pyridine rings is 5. The van der Waals surface area contributed by atoms with Gasteiger partial charge in [0.15, 0.2) is 0 Å². The number of hydrogen-bond acceptors (Lipinski definition) is 5. The normalized spacial score (nSPS) is 11.4. The number of rotatable bonds is 9. The van der Waals surface area contributed by atoms with E-state index in [1.807, 2.05) is 49.1 Å². The van der Waals surface area contributed by atoms with E-state index < -0.39 is 0 Å². The molecule has 5 heteroatoms. The fourth-order valence-electron chi connectivity index (χ4n) is 10.8. The third-order valence-corrected chi connectivity index (χ3v) is 14.6. The van der Waals surface area contributed by atoms with Crippen molar-refractivity contribution in [2.75, 3.05) is 0 Å². The van der Waals surface area contributed by atoms with E-state index in [0.29, 0.717) is 0 Å². The van der Waals surface area contributed by atoms with Crippen molar-refractivity contribution in [2.45, 2.75) is 0 Å². The van der Waals surface area contributed by atoms with Crippen molar-refractivity contribution in [1.29, 1.82) is 0 Å². The molecule has 0 atom stereocenters. The molecular formula is C71H45N5. The lowest BCUT2D eigenvalue weighted by Crippen LogP contribution is -1.92. The number of hydrogen-bond donors (Lipinski definition) is 0. The van der Waals surface area contributed by atoms with Crippen LogP contribution in [-0.4, -0.2) is 24.9 Å². The van der Waals surface area contributed by atoms with Crippen LogP contribution in [0, 0.1) is 0 Å². The second-order valence-corrected chi connectivity index (χ2v) is 19.3. The molecule has 0 saturated carbocycles. The fraction of sp³-hybridized carbons (Fsp3) is 0. The molecule has 0 aliphatic rings. The molecule has 5 aromatic heterocycles. The Kier molecular flexibility index (Phi) is 11.1. The van der Waals surface area contributed by atoms with E-state index in [1.54, 1.807) is 0 Å². The van der Waals surface area contributed by atoms with E-state index in [2.05, 4.69) is 234 Å². The number of fused-ring (bicyclic) bond motifs is 6. The van der Waals surface area contributed by atoms with Crippen molar-refractivity contribution in [2.24, 2.45) is 0 Å². The minimum Gasteiger partial charge on any atom is -0.254 e. The molecule has 14 rings (SSSR count). The Labute approximate surface area is 440 Å². The van der Waals surface area contributed by atoms with Crippen LogP contribution in [0.2, 0.25) is 0 Å². The van der Waals surface area contributed by atoms with Gasteiger partial charge in [0, 0.05) is 57.5 Å². The molecule has 5 heterocycles. The lowest BCUT2D eigenvalue weighted by molar-refractivity contribution is 1.32. The van der Waals surface area contributed by atoms with E-state index in [-0.39, 0.29) is 0 Å². The van der Waals surface area contributed by atoms with E-state index in [0.717, 1.165) is 144 Å². The van der Waals surface area contributed by atoms with Crippen LogP contribution in [0.1, 0.15) is 0 Å². The summed E-state index contributed by atoms with van der Waals surface area (Å²) in [6.45, 7) is 0. The lowest BCUT2D eigenvalue weighted by atomic mass is 9.93. The van der Waals surface area contributed by atoms with E-state index in [1.165, 1.54) is 0 Å². The van der Waals surface area contributed by atoms with Gasteiger partial charge in [-0.3, -0.25) is 19.9 Å². The molecule has 14 aromatic rings. The SMILES string of the molecule is c1ccc(-c2cc(-c3cccc(-c4cccc(-c5ccc(-c6cc7cccnc7c7ncccc67)cc5)c4)c3)cc(-c3cccc(-c4cccc(-c5ccc(-c6cc7cccnc7c7ncccc67)cc5)c4)c3)n2)cc1. The van der Waals surface area contributed by atoms with Gasteiger partial charge in [0.1, 0.15) is 0 Å². The quantitative estimate of drug-likeness (QED) is 0.135. The first-order valence-electron chi connectivity index (χ1n) is 25.6. The molecular weight excluding hydrogens is 923 g/mol. The third-order valence-electron chi connectivity index (χ3n) is 14.6. The van der Waals surface area contributed by atoms with Gasteiger partial charge < -0.3 is 0 Å². The highest BCUT2D eigenvalue weighted by Crippen LogP contribution is 2.39. The molecule has 9 aromatic carbocycles. The van der Waals surface area contributed by atoms with Gasteiger partial charge >= 0.3 is 0 Å². The Morgan fingerprint density at radius 3 is 1.00 bits per heavy atom. The summed E-state index contributed by atoms with van der Waals surface area (Å²) in [5.41, 5.74) is 23.6. The third kappa shape index (κ3) is 8.32. The van der Waals surface area contributed by atoms with Crippen molar-refractivity contribution in [3.63, 3.8) is 0 Å². The van der Waals surface area contributed by atoms with Gasteiger partial charge in [-0.1, -0.05) is 176 Å². The summed E-state index contributed by atoms with van der Waals surface area (Å²) in [6, 6.07) is 88.9. The summed E-state index contributed by atoms with van der Waals surface area (Å²) in [5.74, 6) is 0. The molecule has 5 nitrogen and oxygen atoms in total. The molecule has 0 N–H and O–H groups in total. The summed E-state index contributed by atoms with van der Waals surface area (Å²) < 4.78 is 0. The second kappa shape index (κ2) is 19.0. The molecule has 0 unspecified atom stereocenters. The lowest BCUT2D eigenvalue weighted by Gasteiger charge is -2.13. The number of aromatic nitrogens is 5. The standard InChI is InChI=1S/C71H45N5/c1-2-12-50(13-3-1)66-44-61(57-20-6-18-55(40-57)53-16-4-14-51(38-53)46-26-30-48(31-27-46)64-42-59-22-8-34-72-68(59)70-62(64)24-10-36-74-70)45-67(76-66)58-21-7-19-56(41-58)54-17-5-15-52(39-54)47-28-32-49(33-29-47)65-43-60-23-9-35-73-69(60)71-63(65)25-11-37-75-71/h1-45H. The maximum absolute atomic E-state index is 5.33. The van der Waals surface area contributed by atoms with Crippen molar-refractivity contribution in [3.05, 3.63) is 274 Å². The van der Waals surface area contributed by atoms with Gasteiger partial charge in [0.25, 0.3) is 0 Å². The maximum Gasteiger partial charge on any atom is 0.0970 e. The van der Waals surface area contributed by atoms with Crippen LogP contribution in [0.25, 0.3) is 144 Å². The van der Waals surface area contributed by atoms with Gasteiger partial charge in [0.05, 0.1) is 33.5 Å². The average Bonchev–Trinajstić information content (AvgIpc) is 3.51. The van der Waals surface area contributed by atoms with Gasteiger partial charge in [0.2, 0.25) is 0 Å². The molecule has 0 bridgehead atoms. The number of nitrogens with zero attached hydrogens (tertiary/aromatic N) is 5. The average molecular weight is 968 g/mol. The van der Waals surface area contributed by atoms with Crippen LogP contribution in [-0.2, 0) is 0 Å². The Hall–Kier alpha value is -10.2. The summed E-state index contributed by atoms with van der Waals surface area (Å²) >= 11 is 0.